The van der Waals surface area contributed by atoms with Gasteiger partial charge in [-0.25, -0.2) is 5.43 Å². The molecule has 1 atom stereocenters. The Balaban J connectivity index is 2.51. The summed E-state index contributed by atoms with van der Waals surface area (Å²) in [4.78, 5) is 23.9. The molecule has 0 radical (unpaired) electrons. The zero-order valence-electron chi connectivity index (χ0n) is 19.2. The average Bonchev–Trinajstić information content (AvgIpc) is 2.68. The molecular formula is C24H38N2O3. The van der Waals surface area contributed by atoms with Crippen molar-refractivity contribution in [1.82, 2.24) is 5.43 Å². The first-order valence-electron chi connectivity index (χ1n) is 10.7. The van der Waals surface area contributed by atoms with E-state index in [1.807, 2.05) is 45.0 Å². The van der Waals surface area contributed by atoms with Gasteiger partial charge in [0, 0.05) is 18.8 Å². The van der Waals surface area contributed by atoms with Gasteiger partial charge in [0.1, 0.15) is 11.5 Å². The zero-order chi connectivity index (χ0) is 22.0. The van der Waals surface area contributed by atoms with E-state index >= 15 is 0 Å². The maximum Gasteiger partial charge on any atom is 0.240 e. The molecule has 5 heteroatoms. The monoisotopic (exact) mass is 402 g/mol. The lowest BCUT2D eigenvalue weighted by molar-refractivity contribution is -0.124. The van der Waals surface area contributed by atoms with Crippen LogP contribution in [0, 0.1) is 17.3 Å². The second kappa shape index (κ2) is 11.7. The molecule has 0 saturated heterocycles. The lowest BCUT2D eigenvalue weighted by atomic mass is 9.76. The fourth-order valence-corrected chi connectivity index (χ4v) is 2.91. The Kier molecular flexibility index (Phi) is 10.1. The molecule has 0 bridgehead atoms. The van der Waals surface area contributed by atoms with Crippen molar-refractivity contribution < 1.29 is 14.3 Å². The Morgan fingerprint density at radius 1 is 1.14 bits per heavy atom. The van der Waals surface area contributed by atoms with Gasteiger partial charge in [0.05, 0.1) is 12.3 Å². The molecule has 1 unspecified atom stereocenters. The fraction of sp³-hybridized carbons (Fsp3) is 0.625. The van der Waals surface area contributed by atoms with Crippen LogP contribution in [0.15, 0.2) is 29.4 Å². The van der Waals surface area contributed by atoms with Gasteiger partial charge in [-0.1, -0.05) is 48.0 Å². The Hall–Kier alpha value is -2.17. The second-order valence-corrected chi connectivity index (χ2v) is 8.80. The number of carbonyl (C=O) groups excluding carboxylic acids is 2. The Morgan fingerprint density at radius 3 is 2.31 bits per heavy atom. The summed E-state index contributed by atoms with van der Waals surface area (Å²) in [5.41, 5.74) is 4.29. The molecule has 1 rings (SSSR count). The maximum atomic E-state index is 12.2. The van der Waals surface area contributed by atoms with Crippen LogP contribution in [0.4, 0.5) is 0 Å². The molecule has 0 aromatic heterocycles. The molecule has 0 spiro atoms. The number of carbonyl (C=O) groups is 2. The lowest BCUT2D eigenvalue weighted by Gasteiger charge is -2.30. The van der Waals surface area contributed by atoms with Crippen LogP contribution in [0.25, 0.3) is 0 Å². The van der Waals surface area contributed by atoms with Crippen LogP contribution in [0.5, 0.6) is 5.75 Å². The number of hydrazone groups is 1. The Bertz CT molecular complexity index is 691. The highest BCUT2D eigenvalue weighted by Crippen LogP contribution is 2.32. The van der Waals surface area contributed by atoms with E-state index in [1.54, 1.807) is 0 Å². The molecule has 1 aromatic rings. The van der Waals surface area contributed by atoms with Gasteiger partial charge in [-0.05, 0) is 54.5 Å². The molecule has 1 N–H and O–H groups in total. The van der Waals surface area contributed by atoms with Crippen LogP contribution in [-0.4, -0.2) is 24.0 Å². The largest absolute Gasteiger partial charge is 0.494 e. The summed E-state index contributed by atoms with van der Waals surface area (Å²) in [7, 11) is 0. The van der Waals surface area contributed by atoms with E-state index in [1.165, 1.54) is 0 Å². The molecule has 0 saturated carbocycles. The minimum Gasteiger partial charge on any atom is -0.494 e. The number of rotatable bonds is 12. The first kappa shape index (κ1) is 24.9. The molecule has 5 nitrogen and oxygen atoms in total. The normalized spacial score (nSPS) is 13.3. The van der Waals surface area contributed by atoms with E-state index < -0.39 is 0 Å². The van der Waals surface area contributed by atoms with Gasteiger partial charge in [0.15, 0.2) is 0 Å². The zero-order valence-corrected chi connectivity index (χ0v) is 19.2. The van der Waals surface area contributed by atoms with Gasteiger partial charge >= 0.3 is 0 Å². The summed E-state index contributed by atoms with van der Waals surface area (Å²) < 4.78 is 5.70. The minimum atomic E-state index is -0.0643. The minimum absolute atomic E-state index is 0.0545. The summed E-state index contributed by atoms with van der Waals surface area (Å²) in [5.74, 6) is 1.52. The van der Waals surface area contributed by atoms with E-state index in [9.17, 15) is 9.59 Å². The van der Waals surface area contributed by atoms with E-state index in [4.69, 9.17) is 4.74 Å². The van der Waals surface area contributed by atoms with Crippen LogP contribution in [0.2, 0.25) is 0 Å². The lowest BCUT2D eigenvalue weighted by Crippen LogP contribution is -2.30. The van der Waals surface area contributed by atoms with Crippen molar-refractivity contribution in [2.75, 3.05) is 6.61 Å². The fourth-order valence-electron chi connectivity index (χ4n) is 2.91. The van der Waals surface area contributed by atoms with Gasteiger partial charge in [0.2, 0.25) is 5.91 Å². The average molecular weight is 403 g/mol. The topological polar surface area (TPSA) is 67.8 Å². The first-order chi connectivity index (χ1) is 13.6. The summed E-state index contributed by atoms with van der Waals surface area (Å²) in [5, 5.41) is 4.24. The van der Waals surface area contributed by atoms with Crippen molar-refractivity contribution in [2.24, 2.45) is 22.4 Å². The van der Waals surface area contributed by atoms with Gasteiger partial charge in [-0.15, -0.1) is 0 Å². The van der Waals surface area contributed by atoms with Crippen molar-refractivity contribution in [2.45, 2.75) is 74.1 Å². The predicted octanol–water partition coefficient (Wildman–Crippen LogP) is 5.37. The van der Waals surface area contributed by atoms with Crippen molar-refractivity contribution in [3.05, 3.63) is 29.8 Å². The van der Waals surface area contributed by atoms with Crippen molar-refractivity contribution in [3.63, 3.8) is 0 Å². The highest BCUT2D eigenvalue weighted by atomic mass is 16.5. The Morgan fingerprint density at radius 2 is 1.76 bits per heavy atom. The smallest absolute Gasteiger partial charge is 0.240 e. The number of hydrogen-bond donors (Lipinski definition) is 1. The van der Waals surface area contributed by atoms with Crippen molar-refractivity contribution >= 4 is 17.4 Å². The van der Waals surface area contributed by atoms with Crippen LogP contribution in [-0.2, 0) is 9.59 Å². The molecule has 0 fully saturated rings. The third-order valence-electron chi connectivity index (χ3n) is 5.66. The first-order valence-corrected chi connectivity index (χ1v) is 10.7. The van der Waals surface area contributed by atoms with Crippen LogP contribution < -0.4 is 10.2 Å². The number of benzene rings is 1. The SMILES string of the molecule is CCC(C)C(C)(C)CC(=O)N/N=C(\C)c1ccc(OCCCC(=O)C(C)C)cc1. The molecule has 0 aliphatic carbocycles. The highest BCUT2D eigenvalue weighted by molar-refractivity contribution is 5.99. The van der Waals surface area contributed by atoms with E-state index in [0.29, 0.717) is 25.4 Å². The van der Waals surface area contributed by atoms with Crippen LogP contribution >= 0.6 is 0 Å². The summed E-state index contributed by atoms with van der Waals surface area (Å²) in [6.45, 7) is 14.8. The van der Waals surface area contributed by atoms with E-state index in [0.717, 1.165) is 29.9 Å². The molecule has 0 heterocycles. The molecule has 1 aromatic carbocycles. The third-order valence-corrected chi connectivity index (χ3v) is 5.66. The van der Waals surface area contributed by atoms with Gasteiger partial charge in [-0.3, -0.25) is 9.59 Å². The van der Waals surface area contributed by atoms with Gasteiger partial charge in [-0.2, -0.15) is 5.10 Å². The quantitative estimate of drug-likeness (QED) is 0.290. The standard InChI is InChI=1S/C24H38N2O3/c1-8-18(4)24(6,7)16-23(28)26-25-19(5)20-11-13-21(14-12-20)29-15-9-10-22(27)17(2)3/h11-14,17-18H,8-10,15-16H2,1-7H3,(H,26,28)/b25-19+. The molecule has 0 aliphatic rings. The molecule has 162 valence electrons. The van der Waals surface area contributed by atoms with E-state index in [-0.39, 0.29) is 23.0 Å². The van der Waals surface area contributed by atoms with E-state index in [2.05, 4.69) is 38.2 Å². The Labute approximate surface area is 176 Å². The number of ketones is 1. The summed E-state index contributed by atoms with van der Waals surface area (Å²) in [6, 6.07) is 7.60. The van der Waals surface area contributed by atoms with Crippen molar-refractivity contribution in [1.29, 1.82) is 0 Å². The van der Waals surface area contributed by atoms with Crippen molar-refractivity contribution in [3.8, 4) is 5.75 Å². The summed E-state index contributed by atoms with van der Waals surface area (Å²) >= 11 is 0. The van der Waals surface area contributed by atoms with Crippen LogP contribution in [0.1, 0.15) is 79.7 Å². The number of amides is 1. The molecule has 1 amide bonds. The number of ether oxygens (including phenoxy) is 1. The molecule has 29 heavy (non-hydrogen) atoms. The molecule has 0 aliphatic heterocycles. The third kappa shape index (κ3) is 8.80. The van der Waals surface area contributed by atoms with Gasteiger partial charge in [0.25, 0.3) is 0 Å². The maximum absolute atomic E-state index is 12.2. The number of nitrogens with one attached hydrogen (secondary N) is 1. The second-order valence-electron chi connectivity index (χ2n) is 8.80. The summed E-state index contributed by atoms with van der Waals surface area (Å²) in [6.07, 6.45) is 2.77. The number of hydrogen-bond acceptors (Lipinski definition) is 4. The number of nitrogens with zero attached hydrogens (tertiary/aromatic N) is 1. The number of Topliss-reactive ketones (excluding diaryl/α,β-unsaturated/α-hetero) is 1. The van der Waals surface area contributed by atoms with Gasteiger partial charge < -0.3 is 4.74 Å². The predicted molar refractivity (Wildman–Crippen MR) is 119 cm³/mol. The highest BCUT2D eigenvalue weighted by Gasteiger charge is 2.27. The molecular weight excluding hydrogens is 364 g/mol. The van der Waals surface area contributed by atoms with Crippen LogP contribution in [0.3, 0.4) is 0 Å².